The van der Waals surface area contributed by atoms with Crippen molar-refractivity contribution in [2.24, 2.45) is 0 Å². The van der Waals surface area contributed by atoms with Crippen LogP contribution in [0.15, 0.2) is 121 Å². The molecule has 2 aliphatic rings. The quantitative estimate of drug-likeness (QED) is 0.267. The molecular weight excluding hydrogens is 500 g/mol. The highest BCUT2D eigenvalue weighted by molar-refractivity contribution is 6.00. The molecule has 0 bridgehead atoms. The van der Waals surface area contributed by atoms with Gasteiger partial charge < -0.3 is 20.1 Å². The third-order valence-corrected chi connectivity index (χ3v) is 7.30. The molecule has 194 valence electrons. The minimum Gasteiger partial charge on any atom is -0.457 e. The van der Waals surface area contributed by atoms with Crippen molar-refractivity contribution in [1.82, 2.24) is 10.6 Å². The molecule has 2 aliphatic heterocycles. The topological polar surface area (TPSA) is 76.7 Å². The van der Waals surface area contributed by atoms with Gasteiger partial charge in [-0.05, 0) is 42.5 Å². The van der Waals surface area contributed by atoms with Crippen molar-refractivity contribution >= 4 is 11.8 Å². The number of carbonyl (C=O) groups is 2. The summed E-state index contributed by atoms with van der Waals surface area (Å²) < 4.78 is 12.1. The maximum atomic E-state index is 13.5. The average Bonchev–Trinajstić information content (AvgIpc) is 3.00. The molecule has 0 aliphatic carbocycles. The van der Waals surface area contributed by atoms with Crippen LogP contribution in [0.2, 0.25) is 0 Å². The lowest BCUT2D eigenvalue weighted by Crippen LogP contribution is -2.32. The van der Waals surface area contributed by atoms with Gasteiger partial charge in [0.05, 0.1) is 12.1 Å². The van der Waals surface area contributed by atoms with E-state index in [2.05, 4.69) is 10.6 Å². The van der Waals surface area contributed by atoms with Crippen molar-refractivity contribution in [2.45, 2.75) is 12.1 Å². The molecule has 6 heteroatoms. The number of ether oxygens (including phenoxy) is 2. The predicted octanol–water partition coefficient (Wildman–Crippen LogP) is 6.94. The van der Waals surface area contributed by atoms with Crippen LogP contribution in [0.5, 0.6) is 23.0 Å². The Morgan fingerprint density at radius 2 is 0.775 bits per heavy atom. The second-order valence-electron chi connectivity index (χ2n) is 9.75. The van der Waals surface area contributed by atoms with Gasteiger partial charge in [-0.25, -0.2) is 0 Å². The van der Waals surface area contributed by atoms with Gasteiger partial charge in [0.15, 0.2) is 0 Å². The first-order chi connectivity index (χ1) is 19.7. The zero-order valence-electron chi connectivity index (χ0n) is 21.3. The lowest BCUT2D eigenvalue weighted by Gasteiger charge is -2.29. The van der Waals surface area contributed by atoms with Crippen LogP contribution in [0.3, 0.4) is 0 Å². The number of nitrogens with one attached hydrogen (secondary N) is 2. The molecule has 2 N–H and O–H groups in total. The summed E-state index contributed by atoms with van der Waals surface area (Å²) in [5.74, 6) is 2.25. The summed E-state index contributed by atoms with van der Waals surface area (Å²) in [5, 5.41) is 6.31. The van der Waals surface area contributed by atoms with Gasteiger partial charge >= 0.3 is 0 Å². The van der Waals surface area contributed by atoms with E-state index in [4.69, 9.17) is 9.47 Å². The molecule has 40 heavy (non-hydrogen) atoms. The lowest BCUT2D eigenvalue weighted by molar-refractivity contribution is 0.0940. The van der Waals surface area contributed by atoms with E-state index in [1.165, 1.54) is 0 Å². The maximum Gasteiger partial charge on any atom is 0.252 e. The minimum atomic E-state index is -0.388. The van der Waals surface area contributed by atoms with Crippen molar-refractivity contribution in [3.63, 3.8) is 0 Å². The summed E-state index contributed by atoms with van der Waals surface area (Å²) in [7, 11) is 0. The van der Waals surface area contributed by atoms with E-state index in [0.717, 1.165) is 22.3 Å². The Bertz CT molecular complexity index is 1560. The van der Waals surface area contributed by atoms with E-state index >= 15 is 0 Å². The molecule has 0 atom stereocenters. The first-order valence-corrected chi connectivity index (χ1v) is 13.1. The molecule has 0 saturated carbocycles. The zero-order valence-corrected chi connectivity index (χ0v) is 21.3. The predicted molar refractivity (Wildman–Crippen MR) is 151 cm³/mol. The van der Waals surface area contributed by atoms with Gasteiger partial charge in [0.25, 0.3) is 11.8 Å². The van der Waals surface area contributed by atoms with Crippen LogP contribution >= 0.6 is 0 Å². The number of rotatable bonds is 4. The summed E-state index contributed by atoms with van der Waals surface area (Å²) in [4.78, 5) is 27.0. The molecule has 0 radical (unpaired) electrons. The molecule has 0 fully saturated rings. The third-order valence-electron chi connectivity index (χ3n) is 7.30. The zero-order chi connectivity index (χ0) is 27.1. The first-order valence-electron chi connectivity index (χ1n) is 13.1. The number of para-hydroxylation sites is 4. The van der Waals surface area contributed by atoms with Crippen LogP contribution in [0.1, 0.15) is 55.1 Å². The summed E-state index contributed by atoms with van der Waals surface area (Å²) in [6.45, 7) is 0. The van der Waals surface area contributed by atoms with Crippen molar-refractivity contribution in [3.05, 3.63) is 155 Å². The largest absolute Gasteiger partial charge is 0.457 e. The Balaban J connectivity index is 1.16. The summed E-state index contributed by atoms with van der Waals surface area (Å²) in [5.41, 5.74) is 4.28. The van der Waals surface area contributed by atoms with Crippen molar-refractivity contribution in [3.8, 4) is 23.0 Å². The van der Waals surface area contributed by atoms with E-state index in [1.807, 2.05) is 97.1 Å². The Hall–Kier alpha value is -5.36. The van der Waals surface area contributed by atoms with Gasteiger partial charge in [0.1, 0.15) is 23.0 Å². The number of hydrogen-bond donors (Lipinski definition) is 2. The van der Waals surface area contributed by atoms with Crippen LogP contribution in [-0.2, 0) is 0 Å². The monoisotopic (exact) mass is 524 g/mol. The van der Waals surface area contributed by atoms with E-state index in [-0.39, 0.29) is 23.9 Å². The number of hydrogen-bond acceptors (Lipinski definition) is 4. The molecule has 0 saturated heterocycles. The molecule has 6 nitrogen and oxygen atoms in total. The van der Waals surface area contributed by atoms with Crippen LogP contribution in [-0.4, -0.2) is 11.8 Å². The van der Waals surface area contributed by atoms with Gasteiger partial charge in [-0.15, -0.1) is 0 Å². The molecular formula is C34H24N2O4. The summed E-state index contributed by atoms with van der Waals surface area (Å²) in [6, 6.07) is 36.7. The Kier molecular flexibility index (Phi) is 5.78. The van der Waals surface area contributed by atoms with Gasteiger partial charge in [0, 0.05) is 33.4 Å². The molecule has 0 unspecified atom stereocenters. The molecule has 0 spiro atoms. The highest BCUT2D eigenvalue weighted by atomic mass is 16.5. The van der Waals surface area contributed by atoms with E-state index in [9.17, 15) is 9.59 Å². The minimum absolute atomic E-state index is 0.284. The second kappa shape index (κ2) is 9.75. The fourth-order valence-electron chi connectivity index (χ4n) is 5.36. The van der Waals surface area contributed by atoms with E-state index in [1.54, 1.807) is 24.3 Å². The Labute approximate surface area is 231 Å². The number of amides is 2. The first kappa shape index (κ1) is 23.7. The highest BCUT2D eigenvalue weighted by Gasteiger charge is 2.30. The van der Waals surface area contributed by atoms with Crippen LogP contribution in [0, 0.1) is 0 Å². The Morgan fingerprint density at radius 3 is 1.12 bits per heavy atom. The molecule has 7 rings (SSSR count). The van der Waals surface area contributed by atoms with Crippen molar-refractivity contribution < 1.29 is 19.1 Å². The highest BCUT2D eigenvalue weighted by Crippen LogP contribution is 2.43. The SMILES string of the molecule is O=C(NC1c2ccccc2Oc2ccccc21)c1cccc(C(=O)NC2c3ccccc3Oc3ccccc32)c1. The number of benzene rings is 5. The van der Waals surface area contributed by atoms with E-state index in [0.29, 0.717) is 34.1 Å². The smallest absolute Gasteiger partial charge is 0.252 e. The van der Waals surface area contributed by atoms with E-state index < -0.39 is 0 Å². The molecule has 5 aromatic rings. The summed E-state index contributed by atoms with van der Waals surface area (Å²) in [6.07, 6.45) is 0. The van der Waals surface area contributed by atoms with Crippen molar-refractivity contribution in [2.75, 3.05) is 0 Å². The Morgan fingerprint density at radius 1 is 0.450 bits per heavy atom. The summed E-state index contributed by atoms with van der Waals surface area (Å²) >= 11 is 0. The van der Waals surface area contributed by atoms with Crippen LogP contribution in [0.25, 0.3) is 0 Å². The molecule has 2 heterocycles. The van der Waals surface area contributed by atoms with Crippen LogP contribution in [0.4, 0.5) is 0 Å². The number of fused-ring (bicyclic) bond motifs is 4. The average molecular weight is 525 g/mol. The lowest BCUT2D eigenvalue weighted by atomic mass is 9.94. The number of carbonyl (C=O) groups excluding carboxylic acids is 2. The van der Waals surface area contributed by atoms with Gasteiger partial charge in [-0.3, -0.25) is 9.59 Å². The van der Waals surface area contributed by atoms with Crippen molar-refractivity contribution in [1.29, 1.82) is 0 Å². The van der Waals surface area contributed by atoms with Gasteiger partial charge in [-0.1, -0.05) is 78.9 Å². The molecule has 0 aromatic heterocycles. The molecule has 2 amide bonds. The molecule has 5 aromatic carbocycles. The fourth-order valence-corrected chi connectivity index (χ4v) is 5.36. The van der Waals surface area contributed by atoms with Gasteiger partial charge in [0.2, 0.25) is 0 Å². The third kappa shape index (κ3) is 4.16. The second-order valence-corrected chi connectivity index (χ2v) is 9.75. The fraction of sp³-hybridized carbons (Fsp3) is 0.0588. The normalized spacial score (nSPS) is 13.4. The van der Waals surface area contributed by atoms with Gasteiger partial charge in [-0.2, -0.15) is 0 Å². The van der Waals surface area contributed by atoms with Crippen LogP contribution < -0.4 is 20.1 Å². The maximum absolute atomic E-state index is 13.5. The standard InChI is InChI=1S/C34H24N2O4/c37-33(35-31-23-12-1-5-16-27(23)39-28-17-6-2-13-24(28)31)21-10-9-11-22(20-21)34(38)36-32-25-14-3-7-18-29(25)40-30-19-8-4-15-26(30)32/h1-20,31-32H,(H,35,37)(H,36,38).